The highest BCUT2D eigenvalue weighted by Crippen LogP contribution is 2.25. The Balaban J connectivity index is 1.90. The summed E-state index contributed by atoms with van der Waals surface area (Å²) in [5.41, 5.74) is 0. The maximum absolute atomic E-state index is 11.9. The Kier molecular flexibility index (Phi) is 5.56. The second kappa shape index (κ2) is 7.41. The van der Waals surface area contributed by atoms with E-state index >= 15 is 0 Å². The first-order valence-corrected chi connectivity index (χ1v) is 8.46. The van der Waals surface area contributed by atoms with Crippen molar-refractivity contribution >= 4 is 35.0 Å². The number of carbonyl (C=O) groups is 2. The molecule has 3 amide bonds. The number of H-pyrrole nitrogens is 1. The summed E-state index contributed by atoms with van der Waals surface area (Å²) in [7, 11) is 0. The number of imide groups is 1. The van der Waals surface area contributed by atoms with E-state index in [0.29, 0.717) is 11.0 Å². The van der Waals surface area contributed by atoms with Crippen LogP contribution in [-0.2, 0) is 4.79 Å². The molecule has 2 rings (SSSR count). The number of thioether (sulfide) groups is 1. The topological polar surface area (TPSA) is 99.8 Å². The molecule has 2 aromatic rings. The molecule has 0 aliphatic heterocycles. The Morgan fingerprint density at radius 1 is 1.36 bits per heavy atom. The lowest BCUT2D eigenvalue weighted by Gasteiger charge is -2.11. The zero-order valence-corrected chi connectivity index (χ0v) is 14.0. The van der Waals surface area contributed by atoms with E-state index < -0.39 is 11.3 Å². The molecule has 0 saturated carbocycles. The zero-order chi connectivity index (χ0) is 16.1. The van der Waals surface area contributed by atoms with Crippen molar-refractivity contribution in [2.75, 3.05) is 0 Å². The van der Waals surface area contributed by atoms with Crippen LogP contribution in [-0.4, -0.2) is 38.4 Å². The van der Waals surface area contributed by atoms with Gasteiger partial charge >= 0.3 is 6.03 Å². The fourth-order valence-electron chi connectivity index (χ4n) is 1.55. The van der Waals surface area contributed by atoms with E-state index in [2.05, 4.69) is 25.8 Å². The summed E-state index contributed by atoms with van der Waals surface area (Å²) >= 11 is 2.74. The summed E-state index contributed by atoms with van der Waals surface area (Å²) in [6, 6.07) is 3.34. The third-order valence-corrected chi connectivity index (χ3v) is 4.36. The van der Waals surface area contributed by atoms with Crippen LogP contribution in [0.2, 0.25) is 0 Å². The Bertz CT molecular complexity index is 639. The van der Waals surface area contributed by atoms with Crippen molar-refractivity contribution in [1.82, 2.24) is 25.8 Å². The molecule has 9 heteroatoms. The van der Waals surface area contributed by atoms with Crippen molar-refractivity contribution in [3.8, 4) is 10.7 Å². The van der Waals surface area contributed by atoms with Crippen LogP contribution in [0.1, 0.15) is 20.8 Å². The monoisotopic (exact) mass is 339 g/mol. The number of thiophene rings is 1. The van der Waals surface area contributed by atoms with E-state index in [1.54, 1.807) is 18.3 Å². The number of aromatic nitrogens is 3. The summed E-state index contributed by atoms with van der Waals surface area (Å²) in [5, 5.41) is 13.7. The van der Waals surface area contributed by atoms with E-state index in [4.69, 9.17) is 0 Å². The molecule has 1 atom stereocenters. The van der Waals surface area contributed by atoms with Gasteiger partial charge in [0.25, 0.3) is 0 Å². The van der Waals surface area contributed by atoms with Crippen molar-refractivity contribution in [2.45, 2.75) is 37.2 Å². The molecule has 3 N–H and O–H groups in total. The van der Waals surface area contributed by atoms with Crippen molar-refractivity contribution < 1.29 is 9.59 Å². The Labute approximate surface area is 136 Å². The van der Waals surface area contributed by atoms with Gasteiger partial charge in [-0.3, -0.25) is 15.2 Å². The maximum Gasteiger partial charge on any atom is 0.321 e. The van der Waals surface area contributed by atoms with Gasteiger partial charge in [0.15, 0.2) is 5.82 Å². The zero-order valence-electron chi connectivity index (χ0n) is 12.4. The molecule has 0 aliphatic rings. The molecule has 7 nitrogen and oxygen atoms in total. The Morgan fingerprint density at radius 2 is 2.14 bits per heavy atom. The third-order valence-electron chi connectivity index (χ3n) is 2.53. The number of hydrogen-bond donors (Lipinski definition) is 3. The predicted octanol–water partition coefficient (Wildman–Crippen LogP) is 2.25. The molecular weight excluding hydrogens is 322 g/mol. The smallest absolute Gasteiger partial charge is 0.321 e. The fourth-order valence-corrected chi connectivity index (χ4v) is 2.93. The lowest BCUT2D eigenvalue weighted by atomic mass is 10.4. The van der Waals surface area contributed by atoms with Gasteiger partial charge in [-0.05, 0) is 32.2 Å². The average molecular weight is 339 g/mol. The van der Waals surface area contributed by atoms with Gasteiger partial charge in [0.05, 0.1) is 10.1 Å². The second-order valence-electron chi connectivity index (χ2n) is 4.82. The molecule has 118 valence electrons. The van der Waals surface area contributed by atoms with Gasteiger partial charge in [-0.15, -0.1) is 16.4 Å². The van der Waals surface area contributed by atoms with Gasteiger partial charge < -0.3 is 5.32 Å². The van der Waals surface area contributed by atoms with Crippen LogP contribution >= 0.6 is 23.1 Å². The molecule has 0 aliphatic carbocycles. The fraction of sp³-hybridized carbons (Fsp3) is 0.385. The van der Waals surface area contributed by atoms with E-state index in [9.17, 15) is 9.59 Å². The number of nitrogens with zero attached hydrogens (tertiary/aromatic N) is 2. The molecule has 22 heavy (non-hydrogen) atoms. The normalized spacial score (nSPS) is 12.2. The molecule has 0 fully saturated rings. The van der Waals surface area contributed by atoms with E-state index in [0.717, 1.165) is 4.88 Å². The molecule has 0 bridgehead atoms. The average Bonchev–Trinajstić information content (AvgIpc) is 3.07. The van der Waals surface area contributed by atoms with Crippen LogP contribution in [0.15, 0.2) is 22.7 Å². The van der Waals surface area contributed by atoms with Crippen molar-refractivity contribution in [1.29, 1.82) is 0 Å². The molecule has 2 heterocycles. The van der Waals surface area contributed by atoms with Crippen molar-refractivity contribution in [3.05, 3.63) is 17.5 Å². The molecule has 0 unspecified atom stereocenters. The first kappa shape index (κ1) is 16.5. The van der Waals surface area contributed by atoms with Crippen LogP contribution < -0.4 is 10.6 Å². The van der Waals surface area contributed by atoms with Crippen LogP contribution in [0.3, 0.4) is 0 Å². The first-order chi connectivity index (χ1) is 10.5. The number of aromatic amines is 1. The van der Waals surface area contributed by atoms with Gasteiger partial charge in [0.2, 0.25) is 11.1 Å². The van der Waals surface area contributed by atoms with Gasteiger partial charge in [0, 0.05) is 6.04 Å². The highest BCUT2D eigenvalue weighted by molar-refractivity contribution is 8.00. The minimum absolute atomic E-state index is 0.0304. The van der Waals surface area contributed by atoms with Gasteiger partial charge in [-0.25, -0.2) is 9.78 Å². The minimum Gasteiger partial charge on any atom is -0.336 e. The van der Waals surface area contributed by atoms with Crippen LogP contribution in [0.25, 0.3) is 10.7 Å². The molecule has 0 radical (unpaired) electrons. The number of carbonyl (C=O) groups excluding carboxylic acids is 2. The lowest BCUT2D eigenvalue weighted by Crippen LogP contribution is -2.45. The van der Waals surface area contributed by atoms with Gasteiger partial charge in [-0.2, -0.15) is 0 Å². The quantitative estimate of drug-likeness (QED) is 0.726. The number of amides is 3. The summed E-state index contributed by atoms with van der Waals surface area (Å²) in [5.74, 6) is 0.285. The maximum atomic E-state index is 11.9. The lowest BCUT2D eigenvalue weighted by molar-refractivity contribution is -0.119. The summed E-state index contributed by atoms with van der Waals surface area (Å²) in [4.78, 5) is 28.7. The van der Waals surface area contributed by atoms with Gasteiger partial charge in [-0.1, -0.05) is 17.8 Å². The number of urea groups is 1. The number of hydrogen-bond acceptors (Lipinski definition) is 6. The Morgan fingerprint density at radius 3 is 2.77 bits per heavy atom. The molecule has 0 aromatic carbocycles. The standard InChI is InChI=1S/C13H17N5O2S2/c1-7(2)14-12(20)16-11(19)8(3)22-13-15-10(17-18-13)9-5-4-6-21-9/h4-8H,1-3H3,(H,15,17,18)(H2,14,16,19,20)/t8-/m1/s1. The number of rotatable bonds is 5. The highest BCUT2D eigenvalue weighted by Gasteiger charge is 2.19. The third kappa shape index (κ3) is 4.57. The highest BCUT2D eigenvalue weighted by atomic mass is 32.2. The minimum atomic E-state index is -0.498. The Hall–Kier alpha value is -1.87. The molecule has 2 aromatic heterocycles. The van der Waals surface area contributed by atoms with Crippen LogP contribution in [0.4, 0.5) is 4.79 Å². The van der Waals surface area contributed by atoms with E-state index in [1.807, 2.05) is 31.4 Å². The summed E-state index contributed by atoms with van der Waals surface area (Å²) in [6.45, 7) is 5.34. The van der Waals surface area contributed by atoms with Crippen LogP contribution in [0, 0.1) is 0 Å². The van der Waals surface area contributed by atoms with Crippen molar-refractivity contribution in [2.24, 2.45) is 0 Å². The summed E-state index contributed by atoms with van der Waals surface area (Å²) in [6.07, 6.45) is 0. The predicted molar refractivity (Wildman–Crippen MR) is 86.8 cm³/mol. The van der Waals surface area contributed by atoms with Crippen LogP contribution in [0.5, 0.6) is 0 Å². The SMILES string of the molecule is CC(C)NC(=O)NC(=O)[C@@H](C)Sc1n[nH]c(-c2cccs2)n1. The van der Waals surface area contributed by atoms with E-state index in [-0.39, 0.29) is 11.9 Å². The largest absolute Gasteiger partial charge is 0.336 e. The van der Waals surface area contributed by atoms with Crippen molar-refractivity contribution in [3.63, 3.8) is 0 Å². The second-order valence-corrected chi connectivity index (χ2v) is 7.08. The van der Waals surface area contributed by atoms with E-state index in [1.165, 1.54) is 11.8 Å². The summed E-state index contributed by atoms with van der Waals surface area (Å²) < 4.78 is 0. The molecular formula is C13H17N5O2S2. The number of nitrogens with one attached hydrogen (secondary N) is 3. The molecule has 0 spiro atoms. The molecule has 0 saturated heterocycles. The van der Waals surface area contributed by atoms with Gasteiger partial charge in [0.1, 0.15) is 0 Å². The first-order valence-electron chi connectivity index (χ1n) is 6.70.